The number of rotatable bonds is 8. The Bertz CT molecular complexity index is 596. The molecule has 0 amide bonds. The van der Waals surface area contributed by atoms with E-state index in [0.717, 1.165) is 31.1 Å². The summed E-state index contributed by atoms with van der Waals surface area (Å²) in [6.07, 6.45) is 15.0. The second-order valence-electron chi connectivity index (χ2n) is 7.52. The summed E-state index contributed by atoms with van der Waals surface area (Å²) in [5.41, 5.74) is 2.80. The lowest BCUT2D eigenvalue weighted by Gasteiger charge is -2.25. The molecule has 1 aromatic carbocycles. The Hall–Kier alpha value is -1.63. The van der Waals surface area contributed by atoms with E-state index in [1.807, 2.05) is 0 Å². The fourth-order valence-corrected chi connectivity index (χ4v) is 4.70. The lowest BCUT2D eigenvalue weighted by atomic mass is 9.80. The van der Waals surface area contributed by atoms with Crippen LogP contribution in [0, 0.1) is 11.8 Å². The predicted molar refractivity (Wildman–Crippen MR) is 101 cm³/mol. The smallest absolute Gasteiger partial charge is 0.136 e. The van der Waals surface area contributed by atoms with Crippen molar-refractivity contribution in [2.45, 2.75) is 64.2 Å². The molecular weight excluding hydrogens is 292 g/mol. The van der Waals surface area contributed by atoms with Crippen molar-refractivity contribution in [3.63, 3.8) is 0 Å². The third-order valence-corrected chi connectivity index (χ3v) is 5.89. The van der Waals surface area contributed by atoms with Crippen LogP contribution in [0.1, 0.15) is 69.8 Å². The first-order valence-electron chi connectivity index (χ1n) is 9.69. The van der Waals surface area contributed by atoms with Crippen LogP contribution in [-0.2, 0) is 4.79 Å². The first-order chi connectivity index (χ1) is 11.8. The van der Waals surface area contributed by atoms with Crippen LogP contribution in [0.3, 0.4) is 0 Å². The molecule has 0 saturated heterocycles. The summed E-state index contributed by atoms with van der Waals surface area (Å²) in [5, 5.41) is 0. The third kappa shape index (κ3) is 4.26. The summed E-state index contributed by atoms with van der Waals surface area (Å²) in [6, 6.07) is 11.0. The third-order valence-electron chi connectivity index (χ3n) is 5.89. The van der Waals surface area contributed by atoms with Crippen molar-refractivity contribution in [3.05, 3.63) is 59.7 Å². The molecule has 0 heterocycles. The molecular formula is C23H30O. The number of hydrogen-bond donors (Lipinski definition) is 0. The van der Waals surface area contributed by atoms with Gasteiger partial charge in [-0.15, -0.1) is 0 Å². The van der Waals surface area contributed by atoms with Crippen LogP contribution in [-0.4, -0.2) is 5.78 Å². The first-order valence-corrected chi connectivity index (χ1v) is 9.69. The van der Waals surface area contributed by atoms with Gasteiger partial charge in [0.05, 0.1) is 0 Å². The zero-order chi connectivity index (χ0) is 16.8. The maximum Gasteiger partial charge on any atom is 0.136 e. The standard InChI is InChI=1S/C23H30O/c1-2-8-22-20(13-15-21(24)17-18-9-6-7-10-18)14-16-23(22)19-11-4-3-5-12-19/h3-7,9,11-12,20,22-23H,2,8,10,13-17H2,1H3. The van der Waals surface area contributed by atoms with Gasteiger partial charge in [0.2, 0.25) is 0 Å². The number of benzene rings is 1. The Kier molecular flexibility index (Phi) is 6.07. The van der Waals surface area contributed by atoms with Gasteiger partial charge in [0.1, 0.15) is 5.78 Å². The van der Waals surface area contributed by atoms with Gasteiger partial charge in [0.25, 0.3) is 0 Å². The van der Waals surface area contributed by atoms with Crippen LogP contribution in [0.25, 0.3) is 0 Å². The minimum atomic E-state index is 0.434. The zero-order valence-corrected chi connectivity index (χ0v) is 14.9. The predicted octanol–water partition coefficient (Wildman–Crippen LogP) is 6.22. The Labute approximate surface area is 146 Å². The van der Waals surface area contributed by atoms with Gasteiger partial charge in [0.15, 0.2) is 0 Å². The Balaban J connectivity index is 1.55. The SMILES string of the molecule is CCCC1C(CCC(=O)CC2=CC=CC2)CCC1c1ccccc1. The second kappa shape index (κ2) is 8.46. The van der Waals surface area contributed by atoms with E-state index >= 15 is 0 Å². The highest BCUT2D eigenvalue weighted by Crippen LogP contribution is 2.47. The lowest BCUT2D eigenvalue weighted by Crippen LogP contribution is -2.15. The van der Waals surface area contributed by atoms with Crippen molar-refractivity contribution in [1.82, 2.24) is 0 Å². The molecule has 3 unspecified atom stereocenters. The molecule has 0 radical (unpaired) electrons. The van der Waals surface area contributed by atoms with Crippen molar-refractivity contribution in [3.8, 4) is 0 Å². The van der Waals surface area contributed by atoms with Gasteiger partial charge in [-0.3, -0.25) is 4.79 Å². The van der Waals surface area contributed by atoms with Gasteiger partial charge in [-0.05, 0) is 55.4 Å². The zero-order valence-electron chi connectivity index (χ0n) is 14.9. The van der Waals surface area contributed by atoms with Crippen molar-refractivity contribution < 1.29 is 4.79 Å². The van der Waals surface area contributed by atoms with Crippen molar-refractivity contribution in [2.75, 3.05) is 0 Å². The normalized spacial score (nSPS) is 25.9. The molecule has 1 saturated carbocycles. The molecule has 0 bridgehead atoms. The molecule has 1 nitrogen and oxygen atoms in total. The average Bonchev–Trinajstić information content (AvgIpc) is 3.24. The Morgan fingerprint density at radius 3 is 2.67 bits per heavy atom. The second-order valence-corrected chi connectivity index (χ2v) is 7.52. The minimum absolute atomic E-state index is 0.434. The van der Waals surface area contributed by atoms with Gasteiger partial charge >= 0.3 is 0 Å². The molecule has 2 aliphatic rings. The minimum Gasteiger partial charge on any atom is -0.299 e. The van der Waals surface area contributed by atoms with Gasteiger partial charge in [-0.2, -0.15) is 0 Å². The van der Waals surface area contributed by atoms with E-state index in [2.05, 4.69) is 55.5 Å². The van der Waals surface area contributed by atoms with Crippen LogP contribution in [0.2, 0.25) is 0 Å². The van der Waals surface area contributed by atoms with Gasteiger partial charge < -0.3 is 0 Å². The summed E-state index contributed by atoms with van der Waals surface area (Å²) < 4.78 is 0. The molecule has 3 rings (SSSR count). The van der Waals surface area contributed by atoms with E-state index in [1.165, 1.54) is 36.8 Å². The summed E-state index contributed by atoms with van der Waals surface area (Å²) in [6.45, 7) is 2.29. The maximum atomic E-state index is 12.3. The number of carbonyl (C=O) groups is 1. The van der Waals surface area contributed by atoms with E-state index in [4.69, 9.17) is 0 Å². The molecule has 3 atom stereocenters. The van der Waals surface area contributed by atoms with Crippen molar-refractivity contribution in [2.24, 2.45) is 11.8 Å². The van der Waals surface area contributed by atoms with Crippen molar-refractivity contribution >= 4 is 5.78 Å². The quantitative estimate of drug-likeness (QED) is 0.555. The fraction of sp³-hybridized carbons (Fsp3) is 0.522. The number of carbonyl (C=O) groups excluding carboxylic acids is 1. The number of ketones is 1. The fourth-order valence-electron chi connectivity index (χ4n) is 4.70. The van der Waals surface area contributed by atoms with E-state index in [-0.39, 0.29) is 0 Å². The van der Waals surface area contributed by atoms with E-state index in [0.29, 0.717) is 18.1 Å². The average molecular weight is 322 g/mol. The molecule has 1 heteroatoms. The summed E-state index contributed by atoms with van der Waals surface area (Å²) >= 11 is 0. The van der Waals surface area contributed by atoms with Gasteiger partial charge in [0, 0.05) is 12.8 Å². The summed E-state index contributed by atoms with van der Waals surface area (Å²) in [5.74, 6) is 2.63. The first kappa shape index (κ1) is 17.2. The van der Waals surface area contributed by atoms with Crippen LogP contribution in [0.15, 0.2) is 54.1 Å². The van der Waals surface area contributed by atoms with Gasteiger partial charge in [-0.25, -0.2) is 0 Å². The van der Waals surface area contributed by atoms with Crippen LogP contribution >= 0.6 is 0 Å². The van der Waals surface area contributed by atoms with Gasteiger partial charge in [-0.1, -0.05) is 67.5 Å². The van der Waals surface area contributed by atoms with Crippen LogP contribution < -0.4 is 0 Å². The number of hydrogen-bond acceptors (Lipinski definition) is 1. The Morgan fingerprint density at radius 2 is 1.96 bits per heavy atom. The molecule has 24 heavy (non-hydrogen) atoms. The molecule has 0 aromatic heterocycles. The highest BCUT2D eigenvalue weighted by molar-refractivity contribution is 5.81. The summed E-state index contributed by atoms with van der Waals surface area (Å²) in [7, 11) is 0. The van der Waals surface area contributed by atoms with E-state index < -0.39 is 0 Å². The van der Waals surface area contributed by atoms with E-state index in [9.17, 15) is 4.79 Å². The molecule has 0 N–H and O–H groups in total. The highest BCUT2D eigenvalue weighted by Gasteiger charge is 2.35. The number of allylic oxidation sites excluding steroid dienone is 4. The maximum absolute atomic E-state index is 12.3. The molecule has 1 aromatic rings. The molecule has 128 valence electrons. The highest BCUT2D eigenvalue weighted by atomic mass is 16.1. The lowest BCUT2D eigenvalue weighted by molar-refractivity contribution is -0.118. The van der Waals surface area contributed by atoms with E-state index in [1.54, 1.807) is 0 Å². The van der Waals surface area contributed by atoms with Crippen LogP contribution in [0.5, 0.6) is 0 Å². The van der Waals surface area contributed by atoms with Crippen LogP contribution in [0.4, 0.5) is 0 Å². The molecule has 2 aliphatic carbocycles. The topological polar surface area (TPSA) is 17.1 Å². The Morgan fingerprint density at radius 1 is 1.12 bits per heavy atom. The monoisotopic (exact) mass is 322 g/mol. The summed E-state index contributed by atoms with van der Waals surface area (Å²) in [4.78, 5) is 12.3. The molecule has 0 spiro atoms. The molecule has 1 fully saturated rings. The largest absolute Gasteiger partial charge is 0.299 e. The van der Waals surface area contributed by atoms with Crippen molar-refractivity contribution in [1.29, 1.82) is 0 Å². The number of Topliss-reactive ketones (excluding diaryl/α,β-unsaturated/α-hetero) is 1. The molecule has 0 aliphatic heterocycles.